The molecule has 1 rings (SSSR count). The van der Waals surface area contributed by atoms with Crippen molar-refractivity contribution in [3.05, 3.63) is 29.1 Å². The average molecular weight is 548 g/mol. The van der Waals surface area contributed by atoms with Crippen LogP contribution in [0.25, 0.3) is 0 Å². The average Bonchev–Trinajstić information content (AvgIpc) is 2.73. The number of hydrogen-bond donors (Lipinski definition) is 0. The van der Waals surface area contributed by atoms with E-state index >= 15 is 0 Å². The van der Waals surface area contributed by atoms with Crippen LogP contribution in [-0.4, -0.2) is 0 Å². The number of pyridine rings is 1. The molecule has 0 radical (unpaired) electrons. The van der Waals surface area contributed by atoms with Gasteiger partial charge in [-0.1, -0.05) is 104 Å². The topological polar surface area (TPSA) is 3.88 Å². The van der Waals surface area contributed by atoms with E-state index in [0.29, 0.717) is 0 Å². The molecule has 0 aliphatic carbocycles. The number of unbranched alkanes of at least 4 members (excludes halogenated alkanes) is 15. The quantitative estimate of drug-likeness (QED) is 0.0702. The number of nitrogens with zero attached hydrogens (tertiary/aromatic N) is 1. The Kier molecular flexibility index (Phi) is 16.5. The van der Waals surface area contributed by atoms with Gasteiger partial charge in [0.1, 0.15) is 6.54 Å². The molecule has 0 aliphatic heterocycles. The first-order chi connectivity index (χ1) is 16.6. The van der Waals surface area contributed by atoms with Gasteiger partial charge < -0.3 is 0 Å². The van der Waals surface area contributed by atoms with Crippen LogP contribution in [0.5, 0.6) is 0 Å². The third-order valence-corrected chi connectivity index (χ3v) is 6.38. The SMILES string of the molecule is CCCCCCCCCCCc1cc(C)cc(C)[n+]1CCCCCCCCCC.F[P-](F)(F)(F)(F)F. The summed E-state index contributed by atoms with van der Waals surface area (Å²) in [5.74, 6) is 0. The van der Waals surface area contributed by atoms with E-state index in [1.54, 1.807) is 5.69 Å². The van der Waals surface area contributed by atoms with Gasteiger partial charge in [0.2, 0.25) is 0 Å². The number of aryl methyl sites for hydroxylation is 3. The molecule has 0 amide bonds. The molecule has 1 nitrogen and oxygen atoms in total. The van der Waals surface area contributed by atoms with Gasteiger partial charge >= 0.3 is 33.0 Å². The monoisotopic (exact) mass is 547 g/mol. The molecule has 0 N–H and O–H groups in total. The van der Waals surface area contributed by atoms with Crippen molar-refractivity contribution in [1.29, 1.82) is 0 Å². The Morgan fingerprint density at radius 2 is 0.917 bits per heavy atom. The van der Waals surface area contributed by atoms with E-state index in [4.69, 9.17) is 0 Å². The summed E-state index contributed by atoms with van der Waals surface area (Å²) in [6, 6.07) is 4.81. The zero-order valence-electron chi connectivity index (χ0n) is 23.3. The Balaban J connectivity index is 0.00000152. The number of hydrogen-bond acceptors (Lipinski definition) is 0. The Morgan fingerprint density at radius 1 is 0.556 bits per heavy atom. The maximum atomic E-state index is 9.87. The van der Waals surface area contributed by atoms with E-state index in [9.17, 15) is 25.2 Å². The van der Waals surface area contributed by atoms with Crippen molar-refractivity contribution < 1.29 is 29.7 Å². The van der Waals surface area contributed by atoms with Gasteiger partial charge in [0.15, 0.2) is 11.4 Å². The summed E-state index contributed by atoms with van der Waals surface area (Å²) < 4.78 is 61.8. The standard InChI is InChI=1S/C28H52N.F6P/c1-5-7-9-11-13-15-16-18-20-22-28-25-26(3)24-27(4)29(28)23-21-19-17-14-12-10-8-6-2;1-7(2,3,4,5)6/h24-25H,5-23H2,1-4H3;/q+1;-1. The van der Waals surface area contributed by atoms with E-state index in [-0.39, 0.29) is 0 Å². The van der Waals surface area contributed by atoms with Crippen LogP contribution in [0.1, 0.15) is 140 Å². The van der Waals surface area contributed by atoms with Crippen molar-refractivity contribution in [2.24, 2.45) is 0 Å². The number of halogens is 6. The molecule has 0 atom stereocenters. The van der Waals surface area contributed by atoms with Gasteiger partial charge in [0, 0.05) is 31.9 Å². The summed E-state index contributed by atoms with van der Waals surface area (Å²) in [4.78, 5) is 0. The molecular formula is C28H52F6NP. The van der Waals surface area contributed by atoms with Crippen LogP contribution in [0.15, 0.2) is 12.1 Å². The molecular weight excluding hydrogens is 495 g/mol. The van der Waals surface area contributed by atoms with Crippen molar-refractivity contribution in [2.45, 2.75) is 150 Å². The first kappa shape index (κ1) is 35.2. The van der Waals surface area contributed by atoms with Gasteiger partial charge in [0.25, 0.3) is 0 Å². The van der Waals surface area contributed by atoms with Crippen LogP contribution >= 0.6 is 7.81 Å². The zero-order chi connectivity index (χ0) is 27.6. The Bertz CT molecular complexity index is 692. The van der Waals surface area contributed by atoms with Crippen LogP contribution < -0.4 is 4.57 Å². The van der Waals surface area contributed by atoms with E-state index in [1.165, 1.54) is 133 Å². The molecule has 1 heterocycles. The summed E-state index contributed by atoms with van der Waals surface area (Å²) in [5, 5.41) is 0. The van der Waals surface area contributed by atoms with Gasteiger partial charge in [-0.25, -0.2) is 4.57 Å². The molecule has 0 bridgehead atoms. The van der Waals surface area contributed by atoms with Crippen LogP contribution in [0.4, 0.5) is 25.2 Å². The second-order valence-corrected chi connectivity index (χ2v) is 12.2. The fourth-order valence-corrected chi connectivity index (χ4v) is 4.56. The van der Waals surface area contributed by atoms with Gasteiger partial charge in [-0.3, -0.25) is 0 Å². The summed E-state index contributed by atoms with van der Waals surface area (Å²) in [5.41, 5.74) is 4.47. The predicted molar refractivity (Wildman–Crippen MR) is 143 cm³/mol. The zero-order valence-corrected chi connectivity index (χ0v) is 24.1. The van der Waals surface area contributed by atoms with Gasteiger partial charge in [-0.05, 0) is 25.3 Å². The minimum atomic E-state index is -10.7. The number of rotatable bonds is 19. The third-order valence-electron chi connectivity index (χ3n) is 6.38. The molecule has 0 fully saturated rings. The second kappa shape index (κ2) is 16.9. The summed E-state index contributed by atoms with van der Waals surface area (Å²) >= 11 is 0. The molecule has 0 aromatic carbocycles. The van der Waals surface area contributed by atoms with Crippen molar-refractivity contribution >= 4 is 7.81 Å². The fraction of sp³-hybridized carbons (Fsp3) is 0.821. The Labute approximate surface area is 216 Å². The first-order valence-electron chi connectivity index (χ1n) is 14.2. The molecule has 8 heteroatoms. The molecule has 0 aliphatic rings. The molecule has 1 aromatic rings. The Morgan fingerprint density at radius 3 is 1.33 bits per heavy atom. The van der Waals surface area contributed by atoms with Crippen LogP contribution in [0.2, 0.25) is 0 Å². The maximum absolute atomic E-state index is 10.7. The van der Waals surface area contributed by atoms with Crippen molar-refractivity contribution in [1.82, 2.24) is 0 Å². The first-order valence-corrected chi connectivity index (χ1v) is 16.2. The summed E-state index contributed by atoms with van der Waals surface area (Å²) in [6.07, 6.45) is 25.2. The fourth-order valence-electron chi connectivity index (χ4n) is 4.56. The van der Waals surface area contributed by atoms with Gasteiger partial charge in [0.05, 0.1) is 0 Å². The van der Waals surface area contributed by atoms with Gasteiger partial charge in [-0.15, -0.1) is 0 Å². The summed E-state index contributed by atoms with van der Waals surface area (Å²) in [7, 11) is -10.7. The van der Waals surface area contributed by atoms with Crippen LogP contribution in [0.3, 0.4) is 0 Å². The van der Waals surface area contributed by atoms with Crippen LogP contribution in [0, 0.1) is 13.8 Å². The third kappa shape index (κ3) is 26.2. The molecule has 1 aromatic heterocycles. The normalized spacial score (nSPS) is 13.6. The molecule has 0 saturated heterocycles. The van der Waals surface area contributed by atoms with Crippen molar-refractivity contribution in [3.8, 4) is 0 Å². The Hall–Kier alpha value is -0.840. The molecule has 0 spiro atoms. The van der Waals surface area contributed by atoms with E-state index in [1.807, 2.05) is 0 Å². The van der Waals surface area contributed by atoms with E-state index in [2.05, 4.69) is 44.4 Å². The second-order valence-electron chi connectivity index (χ2n) is 10.3. The number of aromatic nitrogens is 1. The van der Waals surface area contributed by atoms with E-state index < -0.39 is 7.81 Å². The summed E-state index contributed by atoms with van der Waals surface area (Å²) in [6.45, 7) is 10.4. The van der Waals surface area contributed by atoms with Crippen molar-refractivity contribution in [2.75, 3.05) is 0 Å². The van der Waals surface area contributed by atoms with E-state index in [0.717, 1.165) is 0 Å². The molecule has 0 saturated carbocycles. The van der Waals surface area contributed by atoms with Gasteiger partial charge in [-0.2, -0.15) is 0 Å². The minimum absolute atomic E-state index is 1.22. The molecule has 0 unspecified atom stereocenters. The molecule has 36 heavy (non-hydrogen) atoms. The van der Waals surface area contributed by atoms with Crippen molar-refractivity contribution in [3.63, 3.8) is 0 Å². The van der Waals surface area contributed by atoms with Crippen LogP contribution in [-0.2, 0) is 13.0 Å². The molecule has 216 valence electrons. The predicted octanol–water partition coefficient (Wildman–Crippen LogP) is 12.2.